The first-order valence-electron chi connectivity index (χ1n) is 6.31. The third-order valence-electron chi connectivity index (χ3n) is 3.41. The molecule has 0 fully saturated rings. The van der Waals surface area contributed by atoms with E-state index in [1.54, 1.807) is 17.7 Å². The van der Waals surface area contributed by atoms with E-state index < -0.39 is 11.6 Å². The van der Waals surface area contributed by atoms with Crippen LogP contribution in [-0.2, 0) is 13.6 Å². The molecule has 1 aromatic heterocycles. The Hall–Kier alpha value is -1.79. The number of aryl methyl sites for hydroxylation is 1. The number of imidazole rings is 1. The molecule has 3 nitrogen and oxygen atoms in total. The zero-order valence-corrected chi connectivity index (χ0v) is 12.8. The molecule has 0 atom stereocenters. The van der Waals surface area contributed by atoms with Crippen LogP contribution < -0.4 is 5.73 Å². The molecule has 0 aliphatic heterocycles. The van der Waals surface area contributed by atoms with Crippen molar-refractivity contribution in [3.05, 3.63) is 52.0 Å². The fourth-order valence-electron chi connectivity index (χ4n) is 2.34. The summed E-state index contributed by atoms with van der Waals surface area (Å²) in [4.78, 5) is 4.34. The maximum Gasteiger partial charge on any atom is 0.146 e. The summed E-state index contributed by atoms with van der Waals surface area (Å²) < 4.78 is 30.2. The molecular weight excluding hydrogens is 340 g/mol. The lowest BCUT2D eigenvalue weighted by Gasteiger charge is -2.06. The Morgan fingerprint density at radius 3 is 2.48 bits per heavy atom. The van der Waals surface area contributed by atoms with E-state index in [1.807, 2.05) is 12.1 Å². The van der Waals surface area contributed by atoms with Crippen LogP contribution in [0.4, 0.5) is 8.78 Å². The van der Waals surface area contributed by atoms with Gasteiger partial charge in [-0.05, 0) is 29.8 Å². The zero-order chi connectivity index (χ0) is 15.1. The molecule has 0 bridgehead atoms. The van der Waals surface area contributed by atoms with Crippen LogP contribution in [0.3, 0.4) is 0 Å². The summed E-state index contributed by atoms with van der Waals surface area (Å²) in [7, 11) is 1.73. The van der Waals surface area contributed by atoms with Gasteiger partial charge in [-0.2, -0.15) is 0 Å². The van der Waals surface area contributed by atoms with Crippen molar-refractivity contribution in [2.45, 2.75) is 6.54 Å². The number of hydrogen-bond donors (Lipinski definition) is 1. The molecule has 0 spiro atoms. The van der Waals surface area contributed by atoms with Crippen molar-refractivity contribution in [1.82, 2.24) is 9.55 Å². The molecular formula is C15H12BrF2N3. The number of halogens is 3. The van der Waals surface area contributed by atoms with Gasteiger partial charge in [0.25, 0.3) is 0 Å². The lowest BCUT2D eigenvalue weighted by Crippen LogP contribution is -1.99. The van der Waals surface area contributed by atoms with Gasteiger partial charge in [-0.1, -0.05) is 22.0 Å². The molecule has 3 rings (SSSR count). The van der Waals surface area contributed by atoms with Crippen LogP contribution in [0.5, 0.6) is 0 Å². The van der Waals surface area contributed by atoms with Gasteiger partial charge in [0.2, 0.25) is 0 Å². The Kier molecular flexibility index (Phi) is 3.51. The first-order chi connectivity index (χ1) is 10.0. The number of aromatic nitrogens is 2. The average molecular weight is 352 g/mol. The van der Waals surface area contributed by atoms with Gasteiger partial charge in [0.15, 0.2) is 0 Å². The van der Waals surface area contributed by atoms with Crippen molar-refractivity contribution in [2.75, 3.05) is 0 Å². The van der Waals surface area contributed by atoms with E-state index in [1.165, 1.54) is 12.1 Å². The molecule has 3 aromatic rings. The molecule has 0 unspecified atom stereocenters. The molecule has 0 saturated heterocycles. The van der Waals surface area contributed by atoms with Crippen molar-refractivity contribution in [3.8, 4) is 11.4 Å². The van der Waals surface area contributed by atoms with Crippen molar-refractivity contribution < 1.29 is 8.78 Å². The maximum absolute atomic E-state index is 14.1. The zero-order valence-electron chi connectivity index (χ0n) is 11.2. The van der Waals surface area contributed by atoms with Crippen molar-refractivity contribution in [2.24, 2.45) is 12.8 Å². The van der Waals surface area contributed by atoms with Gasteiger partial charge in [-0.3, -0.25) is 0 Å². The maximum atomic E-state index is 14.1. The molecule has 6 heteroatoms. The van der Waals surface area contributed by atoms with Crippen LogP contribution in [0.25, 0.3) is 22.4 Å². The lowest BCUT2D eigenvalue weighted by molar-refractivity contribution is 0.585. The smallest absolute Gasteiger partial charge is 0.146 e. The van der Waals surface area contributed by atoms with E-state index in [0.29, 0.717) is 16.5 Å². The van der Waals surface area contributed by atoms with Gasteiger partial charge in [0, 0.05) is 18.1 Å². The Bertz CT molecular complexity index is 819. The van der Waals surface area contributed by atoms with Gasteiger partial charge in [-0.15, -0.1) is 0 Å². The largest absolute Gasteiger partial charge is 0.327 e. The van der Waals surface area contributed by atoms with Crippen LogP contribution in [0.1, 0.15) is 5.56 Å². The molecule has 2 N–H and O–H groups in total. The molecule has 0 aliphatic rings. The van der Waals surface area contributed by atoms with Crippen LogP contribution in [0, 0.1) is 11.6 Å². The molecule has 1 heterocycles. The summed E-state index contributed by atoms with van der Waals surface area (Å²) in [5, 5.41) is 0. The fraction of sp³-hybridized carbons (Fsp3) is 0.133. The number of hydrogen-bond acceptors (Lipinski definition) is 2. The van der Waals surface area contributed by atoms with Gasteiger partial charge in [0.1, 0.15) is 17.5 Å². The Balaban J connectivity index is 2.29. The number of nitrogens with two attached hydrogens (primary N) is 1. The summed E-state index contributed by atoms with van der Waals surface area (Å²) in [5.74, 6) is -1.06. The number of nitrogens with zero attached hydrogens (tertiary/aromatic N) is 2. The molecule has 108 valence electrons. The second-order valence-corrected chi connectivity index (χ2v) is 5.68. The lowest BCUT2D eigenvalue weighted by atomic mass is 10.2. The molecule has 21 heavy (non-hydrogen) atoms. The monoisotopic (exact) mass is 351 g/mol. The van der Waals surface area contributed by atoms with E-state index in [0.717, 1.165) is 11.1 Å². The second kappa shape index (κ2) is 5.20. The molecule has 0 saturated carbocycles. The predicted octanol–water partition coefficient (Wildman–Crippen LogP) is 3.74. The first kappa shape index (κ1) is 14.2. The van der Waals surface area contributed by atoms with Crippen molar-refractivity contribution in [3.63, 3.8) is 0 Å². The predicted molar refractivity (Wildman–Crippen MR) is 81.7 cm³/mol. The van der Waals surface area contributed by atoms with E-state index in [2.05, 4.69) is 20.9 Å². The van der Waals surface area contributed by atoms with Gasteiger partial charge in [0.05, 0.1) is 16.6 Å². The van der Waals surface area contributed by atoms with Crippen LogP contribution >= 0.6 is 15.9 Å². The highest BCUT2D eigenvalue weighted by atomic mass is 79.9. The molecule has 0 radical (unpaired) electrons. The minimum atomic E-state index is -0.653. The Morgan fingerprint density at radius 1 is 1.19 bits per heavy atom. The van der Waals surface area contributed by atoms with E-state index in [-0.39, 0.29) is 11.4 Å². The SMILES string of the molecule is Cn1c(-c2c(F)cc(Br)cc2F)nc2ccc(CN)cc21. The second-order valence-electron chi connectivity index (χ2n) is 4.77. The molecule has 0 amide bonds. The van der Waals surface area contributed by atoms with Crippen molar-refractivity contribution in [1.29, 1.82) is 0 Å². The summed E-state index contributed by atoms with van der Waals surface area (Å²) in [6.45, 7) is 0.400. The number of benzene rings is 2. The normalized spacial score (nSPS) is 11.3. The Morgan fingerprint density at radius 2 is 1.86 bits per heavy atom. The van der Waals surface area contributed by atoms with Crippen LogP contribution in [0.2, 0.25) is 0 Å². The van der Waals surface area contributed by atoms with E-state index >= 15 is 0 Å². The minimum absolute atomic E-state index is 0.133. The summed E-state index contributed by atoms with van der Waals surface area (Å²) >= 11 is 3.07. The standard InChI is InChI=1S/C15H12BrF2N3/c1-21-13-4-8(7-19)2-3-12(13)20-15(21)14-10(17)5-9(16)6-11(14)18/h2-6H,7,19H2,1H3. The fourth-order valence-corrected chi connectivity index (χ4v) is 2.74. The minimum Gasteiger partial charge on any atom is -0.327 e. The van der Waals surface area contributed by atoms with Crippen LogP contribution in [-0.4, -0.2) is 9.55 Å². The van der Waals surface area contributed by atoms with Crippen molar-refractivity contribution >= 4 is 27.0 Å². The summed E-state index contributed by atoms with van der Waals surface area (Å²) in [6, 6.07) is 7.98. The third kappa shape index (κ3) is 2.34. The van der Waals surface area contributed by atoms with Crippen LogP contribution in [0.15, 0.2) is 34.8 Å². The highest BCUT2D eigenvalue weighted by Crippen LogP contribution is 2.30. The summed E-state index contributed by atoms with van der Waals surface area (Å²) in [6.07, 6.45) is 0. The van der Waals surface area contributed by atoms with Gasteiger partial charge < -0.3 is 10.3 Å². The van der Waals surface area contributed by atoms with Gasteiger partial charge >= 0.3 is 0 Å². The molecule has 0 aliphatic carbocycles. The van der Waals surface area contributed by atoms with E-state index in [9.17, 15) is 8.78 Å². The van der Waals surface area contributed by atoms with E-state index in [4.69, 9.17) is 5.73 Å². The molecule has 2 aromatic carbocycles. The average Bonchev–Trinajstić information content (AvgIpc) is 2.75. The highest BCUT2D eigenvalue weighted by molar-refractivity contribution is 9.10. The third-order valence-corrected chi connectivity index (χ3v) is 3.87. The Labute approximate surface area is 128 Å². The number of rotatable bonds is 2. The topological polar surface area (TPSA) is 43.8 Å². The quantitative estimate of drug-likeness (QED) is 0.764. The van der Waals surface area contributed by atoms with Gasteiger partial charge in [-0.25, -0.2) is 13.8 Å². The highest BCUT2D eigenvalue weighted by Gasteiger charge is 2.19. The first-order valence-corrected chi connectivity index (χ1v) is 7.11. The number of fused-ring (bicyclic) bond motifs is 1. The summed E-state index contributed by atoms with van der Waals surface area (Å²) in [5.41, 5.74) is 7.88.